The van der Waals surface area contributed by atoms with Gasteiger partial charge in [0.2, 0.25) is 10.0 Å². The van der Waals surface area contributed by atoms with E-state index in [0.717, 1.165) is 5.56 Å². The predicted molar refractivity (Wildman–Crippen MR) is 130 cm³/mol. The Labute approximate surface area is 197 Å². The number of para-hydroxylation sites is 1. The molecule has 0 unspecified atom stereocenters. The number of sulfonamides is 1. The van der Waals surface area contributed by atoms with Crippen LogP contribution in [0.5, 0.6) is 0 Å². The van der Waals surface area contributed by atoms with Crippen LogP contribution in [0.15, 0.2) is 82.5 Å². The van der Waals surface area contributed by atoms with Gasteiger partial charge in [-0.05, 0) is 42.3 Å². The summed E-state index contributed by atoms with van der Waals surface area (Å²) < 4.78 is 28.2. The number of rotatable bonds is 7. The number of fused-ring (bicyclic) bond motifs is 1. The normalized spacial score (nSPS) is 11.5. The highest BCUT2D eigenvalue weighted by Gasteiger charge is 2.21. The van der Waals surface area contributed by atoms with Crippen molar-refractivity contribution in [3.63, 3.8) is 0 Å². The molecule has 0 atom stereocenters. The summed E-state index contributed by atoms with van der Waals surface area (Å²) in [5.41, 5.74) is 1.98. The monoisotopic (exact) mass is 476 g/mol. The van der Waals surface area contributed by atoms with Gasteiger partial charge < -0.3 is 9.88 Å². The molecule has 0 spiro atoms. The summed E-state index contributed by atoms with van der Waals surface area (Å²) in [4.78, 5) is 34.0. The summed E-state index contributed by atoms with van der Waals surface area (Å²) in [6, 6.07) is 20.6. The van der Waals surface area contributed by atoms with Gasteiger partial charge in [-0.25, -0.2) is 18.1 Å². The number of H-pyrrole nitrogens is 1. The lowest BCUT2D eigenvalue weighted by Gasteiger charge is -2.19. The minimum absolute atomic E-state index is 0.00279. The number of aryl methyl sites for hydroxylation is 1. The van der Waals surface area contributed by atoms with Gasteiger partial charge in [0, 0.05) is 19.2 Å². The number of nitrogens with zero attached hydrogens (tertiary/aromatic N) is 2. The van der Waals surface area contributed by atoms with Gasteiger partial charge in [-0.1, -0.05) is 48.5 Å². The Bertz CT molecular complexity index is 1520. The molecule has 0 fully saturated rings. The molecule has 1 heterocycles. The molecule has 0 aliphatic heterocycles. The lowest BCUT2D eigenvalue weighted by Crippen LogP contribution is -2.29. The molecule has 8 nitrogen and oxygen atoms in total. The molecule has 0 saturated carbocycles. The van der Waals surface area contributed by atoms with Crippen molar-refractivity contribution < 1.29 is 13.2 Å². The van der Waals surface area contributed by atoms with Crippen LogP contribution in [0.3, 0.4) is 0 Å². The number of nitrogens with one attached hydrogen (secondary N) is 2. The first-order chi connectivity index (χ1) is 16.2. The average molecular weight is 477 g/mol. The van der Waals surface area contributed by atoms with Crippen LogP contribution in [0.4, 0.5) is 0 Å². The fourth-order valence-corrected chi connectivity index (χ4v) is 4.61. The molecule has 9 heteroatoms. The first-order valence-corrected chi connectivity index (χ1v) is 12.1. The zero-order valence-electron chi connectivity index (χ0n) is 18.8. The Balaban J connectivity index is 1.55. The average Bonchev–Trinajstić information content (AvgIpc) is 2.83. The first-order valence-electron chi connectivity index (χ1n) is 10.6. The molecule has 0 radical (unpaired) electrons. The molecular formula is C25H24N4O4S. The van der Waals surface area contributed by atoms with Gasteiger partial charge in [0.25, 0.3) is 11.5 Å². The van der Waals surface area contributed by atoms with Crippen LogP contribution < -0.4 is 10.3 Å². The largest absolute Gasteiger partial charge is 0.334 e. The van der Waals surface area contributed by atoms with Crippen molar-refractivity contribution in [2.24, 2.45) is 0 Å². The molecule has 0 aliphatic carbocycles. The third kappa shape index (κ3) is 5.05. The Morgan fingerprint density at radius 3 is 2.50 bits per heavy atom. The maximum atomic E-state index is 13.2. The van der Waals surface area contributed by atoms with Gasteiger partial charge in [-0.15, -0.1) is 0 Å². The molecule has 4 rings (SSSR count). The molecule has 174 valence electrons. The third-order valence-corrected chi connectivity index (χ3v) is 6.85. The molecular weight excluding hydrogens is 452 g/mol. The van der Waals surface area contributed by atoms with Crippen molar-refractivity contribution in [1.29, 1.82) is 0 Å². The summed E-state index contributed by atoms with van der Waals surface area (Å²) >= 11 is 0. The number of hydrogen-bond acceptors (Lipinski definition) is 5. The van der Waals surface area contributed by atoms with E-state index in [4.69, 9.17) is 0 Å². The quantitative estimate of drug-likeness (QED) is 0.426. The number of amides is 1. The summed E-state index contributed by atoms with van der Waals surface area (Å²) in [5.74, 6) is -0.0427. The number of carbonyl (C=O) groups excluding carboxylic acids is 1. The lowest BCUT2D eigenvalue weighted by molar-refractivity contribution is 0.0780. The van der Waals surface area contributed by atoms with Crippen molar-refractivity contribution in [2.45, 2.75) is 24.9 Å². The molecule has 0 aliphatic rings. The van der Waals surface area contributed by atoms with Crippen LogP contribution in [0, 0.1) is 6.92 Å². The summed E-state index contributed by atoms with van der Waals surface area (Å²) in [6.45, 7) is 1.94. The number of benzene rings is 3. The number of carbonyl (C=O) groups is 1. The molecule has 1 aromatic heterocycles. The number of aromatic amines is 1. The van der Waals surface area contributed by atoms with Crippen molar-refractivity contribution in [1.82, 2.24) is 19.6 Å². The topological polar surface area (TPSA) is 112 Å². The van der Waals surface area contributed by atoms with Gasteiger partial charge in [0.15, 0.2) is 0 Å². The van der Waals surface area contributed by atoms with E-state index in [1.54, 1.807) is 44.3 Å². The SMILES string of the molecule is Cc1ccc(S(=O)(=O)NCc2ccccc2)cc1C(=O)N(C)Cc1nc2ccccc2c(=O)[nH]1. The van der Waals surface area contributed by atoms with Crippen LogP contribution in [0.25, 0.3) is 10.9 Å². The minimum atomic E-state index is -3.83. The van der Waals surface area contributed by atoms with Crippen molar-refractivity contribution in [3.05, 3.63) is 106 Å². The molecule has 0 bridgehead atoms. The van der Waals surface area contributed by atoms with Gasteiger partial charge in [0.1, 0.15) is 5.82 Å². The zero-order chi connectivity index (χ0) is 24.3. The maximum absolute atomic E-state index is 13.2. The van der Waals surface area contributed by atoms with Crippen molar-refractivity contribution in [3.8, 4) is 0 Å². The molecule has 3 aromatic carbocycles. The lowest BCUT2D eigenvalue weighted by atomic mass is 10.1. The second-order valence-electron chi connectivity index (χ2n) is 7.98. The Morgan fingerprint density at radius 1 is 1.03 bits per heavy atom. The highest BCUT2D eigenvalue weighted by molar-refractivity contribution is 7.89. The van der Waals surface area contributed by atoms with Crippen LogP contribution in [0.2, 0.25) is 0 Å². The van der Waals surface area contributed by atoms with E-state index in [0.29, 0.717) is 22.3 Å². The van der Waals surface area contributed by atoms with Crippen LogP contribution >= 0.6 is 0 Å². The van der Waals surface area contributed by atoms with Crippen molar-refractivity contribution in [2.75, 3.05) is 7.05 Å². The highest BCUT2D eigenvalue weighted by Crippen LogP contribution is 2.18. The van der Waals surface area contributed by atoms with E-state index < -0.39 is 10.0 Å². The smallest absolute Gasteiger partial charge is 0.258 e. The Hall–Kier alpha value is -3.82. The molecule has 0 saturated heterocycles. The van der Waals surface area contributed by atoms with E-state index in [1.807, 2.05) is 30.3 Å². The second-order valence-corrected chi connectivity index (χ2v) is 9.74. The molecule has 2 N–H and O–H groups in total. The van der Waals surface area contributed by atoms with E-state index >= 15 is 0 Å². The maximum Gasteiger partial charge on any atom is 0.258 e. The molecule has 4 aromatic rings. The van der Waals surface area contributed by atoms with Crippen LogP contribution in [-0.2, 0) is 23.1 Å². The molecule has 34 heavy (non-hydrogen) atoms. The number of aromatic nitrogens is 2. The Morgan fingerprint density at radius 2 is 1.74 bits per heavy atom. The summed E-state index contributed by atoms with van der Waals surface area (Å²) in [6.07, 6.45) is 0. The Kier molecular flexibility index (Phi) is 6.58. The molecule has 1 amide bonds. The predicted octanol–water partition coefficient (Wildman–Crippen LogP) is 2.98. The zero-order valence-corrected chi connectivity index (χ0v) is 19.6. The minimum Gasteiger partial charge on any atom is -0.334 e. The van der Waals surface area contributed by atoms with Crippen LogP contribution in [-0.4, -0.2) is 36.2 Å². The number of hydrogen-bond donors (Lipinski definition) is 2. The first kappa shape index (κ1) is 23.3. The highest BCUT2D eigenvalue weighted by atomic mass is 32.2. The summed E-state index contributed by atoms with van der Waals surface area (Å²) in [5, 5.41) is 0.469. The van der Waals surface area contributed by atoms with E-state index in [9.17, 15) is 18.0 Å². The third-order valence-electron chi connectivity index (χ3n) is 5.45. The fraction of sp³-hybridized carbons (Fsp3) is 0.160. The standard InChI is InChI=1S/C25H24N4O4S/c1-17-12-13-19(34(32,33)26-15-18-8-4-3-5-9-18)14-21(17)25(31)29(2)16-23-27-22-11-7-6-10-20(22)24(30)28-23/h3-14,26H,15-16H2,1-2H3,(H,27,28,30). The van der Waals surface area contributed by atoms with Crippen LogP contribution in [0.1, 0.15) is 27.3 Å². The van der Waals surface area contributed by atoms with E-state index in [1.165, 1.54) is 17.0 Å². The summed E-state index contributed by atoms with van der Waals surface area (Å²) in [7, 11) is -2.25. The van der Waals surface area contributed by atoms with E-state index in [-0.39, 0.29) is 35.0 Å². The second kappa shape index (κ2) is 9.58. The van der Waals surface area contributed by atoms with E-state index in [2.05, 4.69) is 14.7 Å². The van der Waals surface area contributed by atoms with Gasteiger partial charge in [-0.3, -0.25) is 9.59 Å². The van der Waals surface area contributed by atoms with Crippen molar-refractivity contribution >= 4 is 26.8 Å². The fourth-order valence-electron chi connectivity index (χ4n) is 3.57. The van der Waals surface area contributed by atoms with Gasteiger partial charge in [0.05, 0.1) is 22.3 Å². The van der Waals surface area contributed by atoms with Gasteiger partial charge in [-0.2, -0.15) is 0 Å². The van der Waals surface area contributed by atoms with Gasteiger partial charge >= 0.3 is 0 Å².